The number of benzene rings is 2. The zero-order chi connectivity index (χ0) is 17.4. The van der Waals surface area contributed by atoms with Crippen molar-refractivity contribution in [3.05, 3.63) is 58.6 Å². The van der Waals surface area contributed by atoms with Gasteiger partial charge >= 0.3 is 0 Å². The quantitative estimate of drug-likeness (QED) is 0.595. The van der Waals surface area contributed by atoms with Gasteiger partial charge in [0.1, 0.15) is 0 Å². The molecular weight excluding hydrogens is 382 g/mol. The molecule has 126 valence electrons. The van der Waals surface area contributed by atoms with Crippen molar-refractivity contribution < 1.29 is 9.90 Å². The van der Waals surface area contributed by atoms with Gasteiger partial charge in [-0.1, -0.05) is 40.2 Å². The number of nitrogens with zero attached hydrogens (tertiary/aromatic N) is 3. The van der Waals surface area contributed by atoms with Gasteiger partial charge < -0.3 is 9.67 Å². The summed E-state index contributed by atoms with van der Waals surface area (Å²) in [6.45, 7) is 0.765. The molecule has 1 aromatic heterocycles. The maximum atomic E-state index is 12.2. The minimum Gasteiger partial charge on any atom is -0.493 e. The molecule has 1 N–H and O–H groups in total. The molecule has 1 aliphatic carbocycles. The van der Waals surface area contributed by atoms with Gasteiger partial charge in [0.25, 0.3) is 5.91 Å². The smallest absolute Gasteiger partial charge is 0.295 e. The molecule has 0 aliphatic heterocycles. The SMILES string of the molecule is O=C(N=Nc1c(O)n(CC2CC2)c2ccccc12)c1cccc(Br)c1. The number of aromatic nitrogens is 1. The van der Waals surface area contributed by atoms with E-state index in [9.17, 15) is 9.90 Å². The predicted octanol–water partition coefficient (Wildman–Crippen LogP) is 5.44. The lowest BCUT2D eigenvalue weighted by Crippen LogP contribution is -1.98. The molecule has 0 radical (unpaired) electrons. The van der Waals surface area contributed by atoms with Crippen LogP contribution in [0.4, 0.5) is 5.69 Å². The number of aromatic hydroxyl groups is 1. The topological polar surface area (TPSA) is 66.9 Å². The second kappa shape index (κ2) is 6.44. The van der Waals surface area contributed by atoms with Gasteiger partial charge in [0, 0.05) is 22.0 Å². The van der Waals surface area contributed by atoms with E-state index in [-0.39, 0.29) is 5.88 Å². The van der Waals surface area contributed by atoms with Crippen molar-refractivity contribution in [2.45, 2.75) is 19.4 Å². The Hall–Kier alpha value is -2.47. The van der Waals surface area contributed by atoms with Crippen LogP contribution in [0.3, 0.4) is 0 Å². The number of fused-ring (bicyclic) bond motifs is 1. The summed E-state index contributed by atoms with van der Waals surface area (Å²) in [5, 5.41) is 19.3. The lowest BCUT2D eigenvalue weighted by molar-refractivity contribution is 0.0995. The van der Waals surface area contributed by atoms with Crippen LogP contribution in [0.2, 0.25) is 0 Å². The summed E-state index contributed by atoms with van der Waals surface area (Å²) in [5.74, 6) is 0.230. The van der Waals surface area contributed by atoms with Gasteiger partial charge in [-0.05, 0) is 43.0 Å². The van der Waals surface area contributed by atoms with Crippen LogP contribution < -0.4 is 0 Å². The number of amides is 1. The Balaban J connectivity index is 1.71. The van der Waals surface area contributed by atoms with Crippen LogP contribution >= 0.6 is 15.9 Å². The van der Waals surface area contributed by atoms with Gasteiger partial charge in [0.2, 0.25) is 5.88 Å². The van der Waals surface area contributed by atoms with E-state index in [1.807, 2.05) is 34.9 Å². The molecule has 1 aliphatic rings. The average molecular weight is 398 g/mol. The Morgan fingerprint density at radius 2 is 2.00 bits per heavy atom. The van der Waals surface area contributed by atoms with Crippen molar-refractivity contribution in [2.75, 3.05) is 0 Å². The van der Waals surface area contributed by atoms with Crippen molar-refractivity contribution in [2.24, 2.45) is 16.1 Å². The zero-order valence-electron chi connectivity index (χ0n) is 13.4. The van der Waals surface area contributed by atoms with Gasteiger partial charge in [0.05, 0.1) is 5.52 Å². The number of hydrogen-bond acceptors (Lipinski definition) is 3. The molecule has 0 bridgehead atoms. The van der Waals surface area contributed by atoms with Crippen molar-refractivity contribution >= 4 is 38.4 Å². The highest BCUT2D eigenvalue weighted by Gasteiger charge is 2.25. The maximum Gasteiger partial charge on any atom is 0.295 e. The van der Waals surface area contributed by atoms with Crippen molar-refractivity contribution in [1.82, 2.24) is 4.57 Å². The number of rotatable bonds is 4. The van der Waals surface area contributed by atoms with Crippen LogP contribution in [0.25, 0.3) is 10.9 Å². The lowest BCUT2D eigenvalue weighted by atomic mass is 10.2. The van der Waals surface area contributed by atoms with Crippen LogP contribution in [-0.4, -0.2) is 15.6 Å². The van der Waals surface area contributed by atoms with E-state index in [2.05, 4.69) is 26.2 Å². The first-order chi connectivity index (χ1) is 12.1. The van der Waals surface area contributed by atoms with E-state index >= 15 is 0 Å². The Labute approximate surface area is 153 Å². The second-order valence-electron chi connectivity index (χ2n) is 6.26. The molecule has 1 saturated carbocycles. The zero-order valence-corrected chi connectivity index (χ0v) is 15.0. The molecular formula is C19H16BrN3O2. The van der Waals surface area contributed by atoms with E-state index in [0.29, 0.717) is 17.2 Å². The van der Waals surface area contributed by atoms with Gasteiger partial charge in [-0.3, -0.25) is 4.79 Å². The molecule has 3 aromatic rings. The normalized spacial score (nSPS) is 14.4. The fraction of sp³-hybridized carbons (Fsp3) is 0.211. The number of hydrogen-bond donors (Lipinski definition) is 1. The number of halogens is 1. The molecule has 0 saturated heterocycles. The fourth-order valence-electron chi connectivity index (χ4n) is 2.89. The van der Waals surface area contributed by atoms with Gasteiger partial charge in [-0.25, -0.2) is 0 Å². The van der Waals surface area contributed by atoms with Crippen LogP contribution in [0.15, 0.2) is 63.2 Å². The Kier molecular flexibility index (Phi) is 4.13. The van der Waals surface area contributed by atoms with Crippen molar-refractivity contribution in [3.8, 4) is 5.88 Å². The molecule has 4 rings (SSSR count). The van der Waals surface area contributed by atoms with Crippen LogP contribution in [0, 0.1) is 5.92 Å². The van der Waals surface area contributed by atoms with Gasteiger partial charge in [0.15, 0.2) is 5.69 Å². The Morgan fingerprint density at radius 1 is 1.20 bits per heavy atom. The highest BCUT2D eigenvalue weighted by Crippen LogP contribution is 2.41. The minimum atomic E-state index is -0.445. The third kappa shape index (κ3) is 3.22. The van der Waals surface area contributed by atoms with Crippen molar-refractivity contribution in [3.63, 3.8) is 0 Å². The lowest BCUT2D eigenvalue weighted by Gasteiger charge is -2.04. The largest absolute Gasteiger partial charge is 0.493 e. The van der Waals surface area contributed by atoms with Gasteiger partial charge in [-0.2, -0.15) is 0 Å². The molecule has 2 aromatic carbocycles. The van der Waals surface area contributed by atoms with Crippen LogP contribution in [-0.2, 0) is 6.54 Å². The molecule has 0 atom stereocenters. The monoisotopic (exact) mass is 397 g/mol. The van der Waals surface area contributed by atoms with E-state index in [1.165, 1.54) is 12.8 Å². The highest BCUT2D eigenvalue weighted by atomic mass is 79.9. The predicted molar refractivity (Wildman–Crippen MR) is 99.3 cm³/mol. The van der Waals surface area contributed by atoms with Crippen LogP contribution in [0.5, 0.6) is 5.88 Å². The summed E-state index contributed by atoms with van der Waals surface area (Å²) < 4.78 is 2.67. The average Bonchev–Trinajstić information content (AvgIpc) is 3.40. The summed E-state index contributed by atoms with van der Waals surface area (Å²) in [5.41, 5.74) is 1.70. The summed E-state index contributed by atoms with van der Waals surface area (Å²) in [6.07, 6.45) is 2.37. The first-order valence-electron chi connectivity index (χ1n) is 8.15. The summed E-state index contributed by atoms with van der Waals surface area (Å²) >= 11 is 3.33. The Bertz CT molecular complexity index is 989. The first-order valence-corrected chi connectivity index (χ1v) is 8.94. The second-order valence-corrected chi connectivity index (χ2v) is 7.17. The molecule has 0 spiro atoms. The van der Waals surface area contributed by atoms with E-state index < -0.39 is 5.91 Å². The third-order valence-electron chi connectivity index (χ3n) is 4.37. The minimum absolute atomic E-state index is 0.0684. The van der Waals surface area contributed by atoms with Crippen LogP contribution in [0.1, 0.15) is 23.2 Å². The molecule has 5 nitrogen and oxygen atoms in total. The van der Waals surface area contributed by atoms with E-state index in [4.69, 9.17) is 0 Å². The van der Waals surface area contributed by atoms with E-state index in [0.717, 1.165) is 21.9 Å². The Morgan fingerprint density at radius 3 is 2.76 bits per heavy atom. The summed E-state index contributed by atoms with van der Waals surface area (Å²) in [4.78, 5) is 12.2. The first kappa shape index (κ1) is 16.0. The maximum absolute atomic E-state index is 12.2. The number of azo groups is 1. The molecule has 6 heteroatoms. The summed E-state index contributed by atoms with van der Waals surface area (Å²) in [7, 11) is 0. The number of carbonyl (C=O) groups is 1. The van der Waals surface area contributed by atoms with Gasteiger partial charge in [-0.15, -0.1) is 10.2 Å². The molecule has 25 heavy (non-hydrogen) atoms. The number of carbonyl (C=O) groups excluding carboxylic acids is 1. The highest BCUT2D eigenvalue weighted by molar-refractivity contribution is 9.10. The van der Waals surface area contributed by atoms with Crippen molar-refractivity contribution in [1.29, 1.82) is 0 Å². The molecule has 0 unspecified atom stereocenters. The molecule has 1 heterocycles. The summed E-state index contributed by atoms with van der Waals surface area (Å²) in [6, 6.07) is 14.6. The third-order valence-corrected chi connectivity index (χ3v) is 4.86. The fourth-order valence-corrected chi connectivity index (χ4v) is 3.29. The standard InChI is InChI=1S/C19H16BrN3O2/c20-14-5-3-4-13(10-14)18(24)22-21-17-15-6-1-2-7-16(15)23(19(17)25)11-12-8-9-12/h1-7,10,12,25H,8-9,11H2. The molecule has 1 fully saturated rings. The number of para-hydroxylation sites is 1. The molecule has 1 amide bonds. The van der Waals surface area contributed by atoms with E-state index in [1.54, 1.807) is 18.2 Å².